The van der Waals surface area contributed by atoms with Gasteiger partial charge in [0.1, 0.15) is 6.42 Å². The van der Waals surface area contributed by atoms with Gasteiger partial charge in [0.05, 0.1) is 0 Å². The minimum absolute atomic E-state index is 0.108. The van der Waals surface area contributed by atoms with E-state index in [-0.39, 0.29) is 24.3 Å². The number of nitrogens with one attached hydrogen (secondary N) is 2. The number of anilines is 1. The van der Waals surface area contributed by atoms with Gasteiger partial charge in [0.15, 0.2) is 0 Å². The van der Waals surface area contributed by atoms with Crippen molar-refractivity contribution in [3.05, 3.63) is 28.8 Å². The SMILES string of the molecule is Cc1cc(C)c(NC(=O)CC(=O)NC2CCCC2)c(C)c1. The Kier molecular flexibility index (Phi) is 4.99. The van der Waals surface area contributed by atoms with Crippen LogP contribution in [-0.4, -0.2) is 17.9 Å². The second kappa shape index (κ2) is 6.74. The fourth-order valence-electron chi connectivity index (χ4n) is 3.06. The van der Waals surface area contributed by atoms with E-state index in [1.165, 1.54) is 18.4 Å². The van der Waals surface area contributed by atoms with E-state index in [2.05, 4.69) is 10.6 Å². The molecule has 114 valence electrons. The van der Waals surface area contributed by atoms with Gasteiger partial charge in [-0.15, -0.1) is 0 Å². The predicted molar refractivity (Wildman–Crippen MR) is 84.3 cm³/mol. The summed E-state index contributed by atoms with van der Waals surface area (Å²) in [7, 11) is 0. The summed E-state index contributed by atoms with van der Waals surface area (Å²) < 4.78 is 0. The van der Waals surface area contributed by atoms with Gasteiger partial charge in [0, 0.05) is 11.7 Å². The molecule has 0 spiro atoms. The number of carbonyl (C=O) groups excluding carboxylic acids is 2. The molecule has 1 aliphatic carbocycles. The third-order valence-electron chi connectivity index (χ3n) is 3.98. The zero-order valence-corrected chi connectivity index (χ0v) is 13.1. The minimum atomic E-state index is -0.249. The van der Waals surface area contributed by atoms with Gasteiger partial charge >= 0.3 is 0 Å². The van der Waals surface area contributed by atoms with E-state index in [0.29, 0.717) is 0 Å². The van der Waals surface area contributed by atoms with E-state index in [4.69, 9.17) is 0 Å². The zero-order valence-electron chi connectivity index (χ0n) is 13.1. The molecule has 2 N–H and O–H groups in total. The molecular formula is C17H24N2O2. The monoisotopic (exact) mass is 288 g/mol. The highest BCUT2D eigenvalue weighted by Crippen LogP contribution is 2.22. The second-order valence-corrected chi connectivity index (χ2v) is 6.05. The molecule has 0 atom stereocenters. The maximum atomic E-state index is 12.0. The van der Waals surface area contributed by atoms with Gasteiger partial charge in [0.25, 0.3) is 0 Å². The van der Waals surface area contributed by atoms with Crippen molar-refractivity contribution < 1.29 is 9.59 Å². The lowest BCUT2D eigenvalue weighted by molar-refractivity contribution is -0.127. The molecule has 0 saturated heterocycles. The average molecular weight is 288 g/mol. The summed E-state index contributed by atoms with van der Waals surface area (Å²) in [4.78, 5) is 23.9. The first kappa shape index (κ1) is 15.5. The summed E-state index contributed by atoms with van der Waals surface area (Å²) in [6.07, 6.45) is 4.29. The van der Waals surface area contributed by atoms with Crippen LogP contribution in [-0.2, 0) is 9.59 Å². The van der Waals surface area contributed by atoms with Crippen molar-refractivity contribution in [2.45, 2.75) is 58.9 Å². The smallest absolute Gasteiger partial charge is 0.233 e. The van der Waals surface area contributed by atoms with Gasteiger partial charge in [-0.05, 0) is 44.7 Å². The molecule has 1 aromatic rings. The highest BCUT2D eigenvalue weighted by Gasteiger charge is 2.19. The molecule has 2 amide bonds. The Hall–Kier alpha value is -1.84. The summed E-state index contributed by atoms with van der Waals surface area (Å²) in [5.74, 6) is -0.428. The van der Waals surface area contributed by atoms with Crippen molar-refractivity contribution in [3.8, 4) is 0 Å². The molecule has 1 aliphatic rings. The maximum Gasteiger partial charge on any atom is 0.233 e. The van der Waals surface area contributed by atoms with Gasteiger partial charge in [-0.2, -0.15) is 0 Å². The number of benzene rings is 1. The fraction of sp³-hybridized carbons (Fsp3) is 0.529. The van der Waals surface area contributed by atoms with Crippen molar-refractivity contribution in [1.29, 1.82) is 0 Å². The molecule has 0 aromatic heterocycles. The van der Waals surface area contributed by atoms with Crippen LogP contribution >= 0.6 is 0 Å². The highest BCUT2D eigenvalue weighted by molar-refractivity contribution is 6.04. The van der Waals surface area contributed by atoms with E-state index in [1.54, 1.807) is 0 Å². The largest absolute Gasteiger partial charge is 0.353 e. The molecule has 2 rings (SSSR count). The first-order valence-corrected chi connectivity index (χ1v) is 7.63. The first-order valence-electron chi connectivity index (χ1n) is 7.63. The van der Waals surface area contributed by atoms with Gasteiger partial charge in [-0.1, -0.05) is 30.5 Å². The second-order valence-electron chi connectivity index (χ2n) is 6.05. The third kappa shape index (κ3) is 4.31. The standard InChI is InChI=1S/C17H24N2O2/c1-11-8-12(2)17(13(3)9-11)19-16(21)10-15(20)18-14-6-4-5-7-14/h8-9,14H,4-7,10H2,1-3H3,(H,18,20)(H,19,21). The molecule has 1 fully saturated rings. The van der Waals surface area contributed by atoms with Crippen molar-refractivity contribution in [2.75, 3.05) is 5.32 Å². The summed E-state index contributed by atoms with van der Waals surface area (Å²) in [5.41, 5.74) is 4.04. The lowest BCUT2D eigenvalue weighted by Gasteiger charge is -2.14. The lowest BCUT2D eigenvalue weighted by Crippen LogP contribution is -2.35. The Morgan fingerprint density at radius 3 is 2.19 bits per heavy atom. The third-order valence-corrected chi connectivity index (χ3v) is 3.98. The van der Waals surface area contributed by atoms with Crippen molar-refractivity contribution in [2.24, 2.45) is 0 Å². The molecule has 4 heteroatoms. The Balaban J connectivity index is 1.91. The molecule has 0 heterocycles. The van der Waals surface area contributed by atoms with Gasteiger partial charge in [0.2, 0.25) is 11.8 Å². The number of aryl methyl sites for hydroxylation is 3. The Labute approximate surface area is 126 Å². The Morgan fingerprint density at radius 2 is 1.62 bits per heavy atom. The van der Waals surface area contributed by atoms with Crippen molar-refractivity contribution in [3.63, 3.8) is 0 Å². The number of carbonyl (C=O) groups is 2. The first-order chi connectivity index (χ1) is 9.95. The summed E-state index contributed by atoms with van der Waals surface area (Å²) in [6, 6.07) is 4.32. The number of hydrogen-bond acceptors (Lipinski definition) is 2. The maximum absolute atomic E-state index is 12.0. The van der Waals surface area contributed by atoms with Crippen LogP contribution in [0.25, 0.3) is 0 Å². The van der Waals surface area contributed by atoms with E-state index in [1.807, 2.05) is 32.9 Å². The van der Waals surface area contributed by atoms with Gasteiger partial charge in [-0.3, -0.25) is 9.59 Å². The Morgan fingerprint density at radius 1 is 1.05 bits per heavy atom. The fourth-order valence-corrected chi connectivity index (χ4v) is 3.06. The van der Waals surface area contributed by atoms with Crippen molar-refractivity contribution in [1.82, 2.24) is 5.32 Å². The number of hydrogen-bond donors (Lipinski definition) is 2. The summed E-state index contributed by atoms with van der Waals surface area (Å²) >= 11 is 0. The van der Waals surface area contributed by atoms with E-state index in [9.17, 15) is 9.59 Å². The van der Waals surface area contributed by atoms with Gasteiger partial charge < -0.3 is 10.6 Å². The quantitative estimate of drug-likeness (QED) is 0.837. The number of amides is 2. The normalized spacial score (nSPS) is 15.0. The number of rotatable bonds is 4. The summed E-state index contributed by atoms with van der Waals surface area (Å²) in [5, 5.41) is 5.80. The van der Waals surface area contributed by atoms with E-state index < -0.39 is 0 Å². The molecular weight excluding hydrogens is 264 g/mol. The van der Waals surface area contributed by atoms with Crippen molar-refractivity contribution >= 4 is 17.5 Å². The molecule has 0 aliphatic heterocycles. The molecule has 0 unspecified atom stereocenters. The molecule has 0 radical (unpaired) electrons. The van der Waals surface area contributed by atoms with Crippen LogP contribution in [0.1, 0.15) is 48.8 Å². The molecule has 1 saturated carbocycles. The van der Waals surface area contributed by atoms with Gasteiger partial charge in [-0.25, -0.2) is 0 Å². The lowest BCUT2D eigenvalue weighted by atomic mass is 10.0. The van der Waals surface area contributed by atoms with E-state index >= 15 is 0 Å². The average Bonchev–Trinajstić information content (AvgIpc) is 2.86. The highest BCUT2D eigenvalue weighted by atomic mass is 16.2. The van der Waals surface area contributed by atoms with Crippen LogP contribution in [0.15, 0.2) is 12.1 Å². The van der Waals surface area contributed by atoms with Crippen LogP contribution in [0.2, 0.25) is 0 Å². The molecule has 1 aromatic carbocycles. The van der Waals surface area contributed by atoms with Crippen LogP contribution in [0, 0.1) is 20.8 Å². The molecule has 0 bridgehead atoms. The minimum Gasteiger partial charge on any atom is -0.353 e. The Bertz CT molecular complexity index is 523. The topological polar surface area (TPSA) is 58.2 Å². The summed E-state index contributed by atoms with van der Waals surface area (Å²) in [6.45, 7) is 5.96. The van der Waals surface area contributed by atoms with Crippen LogP contribution < -0.4 is 10.6 Å². The van der Waals surface area contributed by atoms with Crippen LogP contribution in [0.3, 0.4) is 0 Å². The molecule has 4 nitrogen and oxygen atoms in total. The van der Waals surface area contributed by atoms with E-state index in [0.717, 1.165) is 29.7 Å². The predicted octanol–water partition coefficient (Wildman–Crippen LogP) is 3.00. The van der Waals surface area contributed by atoms with Crippen LogP contribution in [0.4, 0.5) is 5.69 Å². The molecule has 21 heavy (non-hydrogen) atoms. The zero-order chi connectivity index (χ0) is 15.4. The van der Waals surface area contributed by atoms with Crippen LogP contribution in [0.5, 0.6) is 0 Å².